The van der Waals surface area contributed by atoms with E-state index in [0.29, 0.717) is 21.1 Å². The van der Waals surface area contributed by atoms with Gasteiger partial charge in [0.15, 0.2) is 11.6 Å². The van der Waals surface area contributed by atoms with Crippen molar-refractivity contribution >= 4 is 39.3 Å². The highest BCUT2D eigenvalue weighted by atomic mass is 79.9. The Kier molecular flexibility index (Phi) is 3.76. The van der Waals surface area contributed by atoms with Crippen molar-refractivity contribution in [3.8, 4) is 5.82 Å². The second kappa shape index (κ2) is 5.71. The molecule has 0 radical (unpaired) electrons. The lowest BCUT2D eigenvalue weighted by Gasteiger charge is -2.02. The predicted octanol–water partition coefficient (Wildman–Crippen LogP) is 3.53. The van der Waals surface area contributed by atoms with E-state index in [1.807, 2.05) is 0 Å². The molecule has 106 valence electrons. The number of rotatable bonds is 3. The Morgan fingerprint density at radius 2 is 2.24 bits per heavy atom. The molecule has 0 fully saturated rings. The molecule has 0 aliphatic rings. The molecular formula is C13H8BrClN4O2. The van der Waals surface area contributed by atoms with Crippen LogP contribution in [0.4, 0.5) is 5.82 Å². The Balaban J connectivity index is 1.82. The lowest BCUT2D eigenvalue weighted by Crippen LogP contribution is -2.12. The summed E-state index contributed by atoms with van der Waals surface area (Å²) in [5.41, 5.74) is 0. The fourth-order valence-corrected chi connectivity index (χ4v) is 2.27. The van der Waals surface area contributed by atoms with Crippen LogP contribution >= 0.6 is 27.5 Å². The van der Waals surface area contributed by atoms with Gasteiger partial charge in [-0.05, 0) is 34.1 Å². The number of hydrogen-bond acceptors (Lipinski definition) is 4. The Labute approximate surface area is 132 Å². The van der Waals surface area contributed by atoms with Crippen LogP contribution in [-0.2, 0) is 0 Å². The molecule has 0 unspecified atom stereocenters. The number of hydrogen-bond donors (Lipinski definition) is 1. The van der Waals surface area contributed by atoms with Crippen LogP contribution in [-0.4, -0.2) is 20.7 Å². The number of anilines is 1. The second-order valence-corrected chi connectivity index (χ2v) is 5.27. The SMILES string of the molecule is O=C(Nc1ccn(-c2ncccc2Cl)n1)c1occc1Br. The number of nitrogens with zero attached hydrogens (tertiary/aromatic N) is 3. The molecule has 3 aromatic rings. The lowest BCUT2D eigenvalue weighted by molar-refractivity contribution is 0.0995. The van der Waals surface area contributed by atoms with Crippen LogP contribution < -0.4 is 5.32 Å². The molecule has 1 amide bonds. The molecule has 0 saturated heterocycles. The number of halogens is 2. The Morgan fingerprint density at radius 1 is 1.38 bits per heavy atom. The van der Waals surface area contributed by atoms with E-state index in [2.05, 4.69) is 31.3 Å². The summed E-state index contributed by atoms with van der Waals surface area (Å²) in [6.07, 6.45) is 4.69. The molecule has 1 N–H and O–H groups in total. The summed E-state index contributed by atoms with van der Waals surface area (Å²) in [6.45, 7) is 0. The first-order valence-corrected chi connectivity index (χ1v) is 7.03. The van der Waals surface area contributed by atoms with Crippen molar-refractivity contribution in [3.63, 3.8) is 0 Å². The first kappa shape index (κ1) is 13.8. The van der Waals surface area contributed by atoms with E-state index in [-0.39, 0.29) is 5.76 Å². The first-order chi connectivity index (χ1) is 10.1. The summed E-state index contributed by atoms with van der Waals surface area (Å²) in [5.74, 6) is 0.633. The standard InChI is InChI=1S/C13H8BrClN4O2/c14-8-4-7-21-11(8)13(20)17-10-3-6-19(18-10)12-9(15)2-1-5-16-12/h1-7H,(H,17,18,20). The number of carbonyl (C=O) groups excluding carboxylic acids is 1. The zero-order valence-corrected chi connectivity index (χ0v) is 12.8. The van der Waals surface area contributed by atoms with Crippen molar-refractivity contribution in [2.24, 2.45) is 0 Å². The monoisotopic (exact) mass is 366 g/mol. The highest BCUT2D eigenvalue weighted by Gasteiger charge is 2.15. The maximum atomic E-state index is 12.0. The second-order valence-electron chi connectivity index (χ2n) is 4.01. The molecule has 0 saturated carbocycles. The van der Waals surface area contributed by atoms with Crippen LogP contribution in [0.1, 0.15) is 10.6 Å². The minimum Gasteiger partial charge on any atom is -0.458 e. The van der Waals surface area contributed by atoms with Crippen LogP contribution in [0.25, 0.3) is 5.82 Å². The number of furan rings is 1. The van der Waals surface area contributed by atoms with Gasteiger partial charge in [0.2, 0.25) is 5.76 Å². The summed E-state index contributed by atoms with van der Waals surface area (Å²) in [6, 6.07) is 6.72. The quantitative estimate of drug-likeness (QED) is 0.768. The molecule has 0 aromatic carbocycles. The van der Waals surface area contributed by atoms with Gasteiger partial charge < -0.3 is 9.73 Å². The van der Waals surface area contributed by atoms with Crippen molar-refractivity contribution in [2.45, 2.75) is 0 Å². The number of carbonyl (C=O) groups is 1. The Bertz CT molecular complexity index is 799. The van der Waals surface area contributed by atoms with Gasteiger partial charge >= 0.3 is 0 Å². The third-order valence-corrected chi connectivity index (χ3v) is 3.53. The van der Waals surface area contributed by atoms with Crippen molar-refractivity contribution in [1.29, 1.82) is 0 Å². The molecule has 0 bridgehead atoms. The van der Waals surface area contributed by atoms with Crippen LogP contribution in [0.3, 0.4) is 0 Å². The summed E-state index contributed by atoms with van der Waals surface area (Å²) in [5, 5.41) is 7.30. The fourth-order valence-electron chi connectivity index (χ4n) is 1.68. The average Bonchev–Trinajstić information content (AvgIpc) is 3.08. The number of nitrogens with one attached hydrogen (secondary N) is 1. The fraction of sp³-hybridized carbons (Fsp3) is 0. The van der Waals surface area contributed by atoms with Gasteiger partial charge in [-0.1, -0.05) is 11.6 Å². The molecule has 0 spiro atoms. The van der Waals surface area contributed by atoms with Crippen LogP contribution in [0.5, 0.6) is 0 Å². The summed E-state index contributed by atoms with van der Waals surface area (Å²) in [4.78, 5) is 16.1. The average molecular weight is 368 g/mol. The zero-order valence-electron chi connectivity index (χ0n) is 10.5. The van der Waals surface area contributed by atoms with E-state index >= 15 is 0 Å². The van der Waals surface area contributed by atoms with Gasteiger partial charge in [0.05, 0.1) is 15.8 Å². The van der Waals surface area contributed by atoms with E-state index in [1.165, 1.54) is 10.9 Å². The van der Waals surface area contributed by atoms with Gasteiger partial charge in [-0.2, -0.15) is 0 Å². The van der Waals surface area contributed by atoms with Gasteiger partial charge in [-0.25, -0.2) is 9.67 Å². The minimum absolute atomic E-state index is 0.181. The van der Waals surface area contributed by atoms with Crippen molar-refractivity contribution in [3.05, 3.63) is 58.2 Å². The zero-order chi connectivity index (χ0) is 14.8. The molecule has 0 atom stereocenters. The third-order valence-electron chi connectivity index (χ3n) is 2.61. The van der Waals surface area contributed by atoms with Crippen LogP contribution in [0.2, 0.25) is 5.02 Å². The molecule has 3 heterocycles. The summed E-state index contributed by atoms with van der Waals surface area (Å²) < 4.78 is 7.14. The van der Waals surface area contributed by atoms with E-state index in [4.69, 9.17) is 16.0 Å². The van der Waals surface area contributed by atoms with Crippen molar-refractivity contribution in [1.82, 2.24) is 14.8 Å². The Hall–Kier alpha value is -2.12. The molecule has 3 aromatic heterocycles. The topological polar surface area (TPSA) is 73.0 Å². The highest BCUT2D eigenvalue weighted by molar-refractivity contribution is 9.10. The van der Waals surface area contributed by atoms with Gasteiger partial charge in [-0.15, -0.1) is 5.10 Å². The maximum absolute atomic E-state index is 12.0. The van der Waals surface area contributed by atoms with Gasteiger partial charge in [0.25, 0.3) is 5.91 Å². The Morgan fingerprint density at radius 3 is 2.95 bits per heavy atom. The number of aromatic nitrogens is 3. The lowest BCUT2D eigenvalue weighted by atomic mass is 10.4. The van der Waals surface area contributed by atoms with Crippen molar-refractivity contribution in [2.75, 3.05) is 5.32 Å². The molecule has 8 heteroatoms. The molecule has 0 aliphatic carbocycles. The minimum atomic E-state index is -0.399. The summed E-state index contributed by atoms with van der Waals surface area (Å²) >= 11 is 9.27. The third kappa shape index (κ3) is 2.84. The predicted molar refractivity (Wildman–Crippen MR) is 80.7 cm³/mol. The maximum Gasteiger partial charge on any atom is 0.293 e. The van der Waals surface area contributed by atoms with E-state index in [9.17, 15) is 4.79 Å². The smallest absolute Gasteiger partial charge is 0.293 e. The number of pyridine rings is 1. The van der Waals surface area contributed by atoms with Gasteiger partial charge in [0, 0.05) is 18.5 Å². The summed E-state index contributed by atoms with van der Waals surface area (Å²) in [7, 11) is 0. The molecular weight excluding hydrogens is 360 g/mol. The first-order valence-electron chi connectivity index (χ1n) is 5.86. The van der Waals surface area contributed by atoms with Crippen LogP contribution in [0, 0.1) is 0 Å². The molecule has 0 aliphatic heterocycles. The molecule has 6 nitrogen and oxygen atoms in total. The normalized spacial score (nSPS) is 10.6. The van der Waals surface area contributed by atoms with Crippen molar-refractivity contribution < 1.29 is 9.21 Å². The van der Waals surface area contributed by atoms with E-state index < -0.39 is 5.91 Å². The largest absolute Gasteiger partial charge is 0.458 e. The van der Waals surface area contributed by atoms with Crippen LogP contribution in [0.15, 0.2) is 51.8 Å². The van der Waals surface area contributed by atoms with Gasteiger partial charge in [0.1, 0.15) is 0 Å². The molecule has 3 rings (SSSR count). The highest BCUT2D eigenvalue weighted by Crippen LogP contribution is 2.20. The number of amides is 1. The van der Waals surface area contributed by atoms with E-state index in [0.717, 1.165) is 0 Å². The molecule has 21 heavy (non-hydrogen) atoms. The van der Waals surface area contributed by atoms with E-state index in [1.54, 1.807) is 36.7 Å². The van der Waals surface area contributed by atoms with Gasteiger partial charge in [-0.3, -0.25) is 4.79 Å².